The molecule has 0 aliphatic rings. The average molecular weight is 348 g/mol. The van der Waals surface area contributed by atoms with Gasteiger partial charge < -0.3 is 9.73 Å². The van der Waals surface area contributed by atoms with E-state index in [0.29, 0.717) is 17.3 Å². The third-order valence-electron chi connectivity index (χ3n) is 3.77. The highest BCUT2D eigenvalue weighted by atomic mass is 32.2. The summed E-state index contributed by atoms with van der Waals surface area (Å²) in [5.41, 5.74) is 2.65. The molecule has 1 amide bonds. The molecule has 5 nitrogen and oxygen atoms in total. The number of hydrogen-bond donors (Lipinski definition) is 1. The van der Waals surface area contributed by atoms with Gasteiger partial charge in [0.05, 0.1) is 11.4 Å². The van der Waals surface area contributed by atoms with E-state index in [2.05, 4.69) is 10.3 Å². The second kappa shape index (κ2) is 8.24. The maximum Gasteiger partial charge on any atom is 0.232 e. The number of aryl methyl sites for hydroxylation is 2. The van der Waals surface area contributed by atoms with Gasteiger partial charge in [-0.3, -0.25) is 9.00 Å². The second-order valence-corrected chi connectivity index (χ2v) is 7.45. The lowest BCUT2D eigenvalue weighted by Crippen LogP contribution is -2.35. The first-order chi connectivity index (χ1) is 11.4. The van der Waals surface area contributed by atoms with Crippen molar-refractivity contribution in [3.05, 3.63) is 41.3 Å². The zero-order chi connectivity index (χ0) is 17.7. The third kappa shape index (κ3) is 5.03. The molecule has 0 bridgehead atoms. The van der Waals surface area contributed by atoms with Crippen molar-refractivity contribution in [1.29, 1.82) is 0 Å². The van der Waals surface area contributed by atoms with Crippen LogP contribution in [0.25, 0.3) is 11.5 Å². The number of nitrogens with one attached hydrogen (secondary N) is 1. The molecule has 2 rings (SSSR count). The zero-order valence-electron chi connectivity index (χ0n) is 14.6. The summed E-state index contributed by atoms with van der Waals surface area (Å²) in [5, 5.41) is 2.82. The molecule has 1 N–H and O–H groups in total. The molecule has 0 unspecified atom stereocenters. The normalized spacial score (nSPS) is 13.5. The Labute approximate surface area is 145 Å². The van der Waals surface area contributed by atoms with Crippen molar-refractivity contribution in [3.8, 4) is 11.5 Å². The van der Waals surface area contributed by atoms with Crippen LogP contribution in [0, 0.1) is 13.8 Å². The van der Waals surface area contributed by atoms with Crippen LogP contribution in [0.3, 0.4) is 0 Å². The number of benzene rings is 1. The number of aromatic nitrogens is 1. The first kappa shape index (κ1) is 18.4. The van der Waals surface area contributed by atoms with E-state index in [0.717, 1.165) is 17.5 Å². The van der Waals surface area contributed by atoms with E-state index in [1.54, 1.807) is 6.92 Å². The van der Waals surface area contributed by atoms with Crippen molar-refractivity contribution in [3.63, 3.8) is 0 Å². The van der Waals surface area contributed by atoms with Crippen LogP contribution >= 0.6 is 0 Å². The Morgan fingerprint density at radius 1 is 1.38 bits per heavy atom. The van der Waals surface area contributed by atoms with E-state index < -0.39 is 10.8 Å². The third-order valence-corrected chi connectivity index (χ3v) is 4.95. The molecule has 130 valence electrons. The van der Waals surface area contributed by atoms with E-state index in [1.165, 1.54) is 0 Å². The molecule has 0 saturated carbocycles. The number of carbonyl (C=O) groups excluding carboxylic acids is 1. The molecule has 0 aliphatic heterocycles. The van der Waals surface area contributed by atoms with Gasteiger partial charge in [0.15, 0.2) is 0 Å². The Bertz CT molecular complexity index is 740. The van der Waals surface area contributed by atoms with Gasteiger partial charge in [-0.15, -0.1) is 0 Å². The molecule has 0 saturated heterocycles. The molecule has 6 heteroatoms. The van der Waals surface area contributed by atoms with Gasteiger partial charge in [0.25, 0.3) is 0 Å². The lowest BCUT2D eigenvalue weighted by Gasteiger charge is -2.10. The van der Waals surface area contributed by atoms with Gasteiger partial charge in [-0.25, -0.2) is 4.98 Å². The maximum atomic E-state index is 12.2. The van der Waals surface area contributed by atoms with Crippen molar-refractivity contribution in [1.82, 2.24) is 10.3 Å². The van der Waals surface area contributed by atoms with Gasteiger partial charge in [-0.2, -0.15) is 0 Å². The van der Waals surface area contributed by atoms with Crippen LogP contribution in [0.4, 0.5) is 0 Å². The van der Waals surface area contributed by atoms with E-state index in [4.69, 9.17) is 4.42 Å². The number of amides is 1. The Morgan fingerprint density at radius 3 is 2.79 bits per heavy atom. The van der Waals surface area contributed by atoms with E-state index in [9.17, 15) is 9.00 Å². The van der Waals surface area contributed by atoms with Crippen LogP contribution < -0.4 is 5.32 Å². The highest BCUT2D eigenvalue weighted by molar-refractivity contribution is 7.84. The van der Waals surface area contributed by atoms with E-state index in [-0.39, 0.29) is 23.5 Å². The zero-order valence-corrected chi connectivity index (χ0v) is 15.4. The molecule has 1 aromatic carbocycles. The molecule has 1 aromatic heterocycles. The summed E-state index contributed by atoms with van der Waals surface area (Å²) in [5.74, 6) is 1.17. The van der Waals surface area contributed by atoms with Crippen molar-refractivity contribution >= 4 is 16.7 Å². The fourth-order valence-corrected chi connectivity index (χ4v) is 3.28. The van der Waals surface area contributed by atoms with Crippen LogP contribution in [0.5, 0.6) is 0 Å². The molecule has 0 fully saturated rings. The minimum Gasteiger partial charge on any atom is -0.441 e. The quantitative estimate of drug-likeness (QED) is 0.834. The summed E-state index contributed by atoms with van der Waals surface area (Å²) in [4.78, 5) is 16.3. The second-order valence-electron chi connectivity index (χ2n) is 6.00. The van der Waals surface area contributed by atoms with Crippen LogP contribution in [0.2, 0.25) is 0 Å². The Balaban J connectivity index is 2.03. The monoisotopic (exact) mass is 348 g/mol. The van der Waals surface area contributed by atoms with Crippen LogP contribution in [0.15, 0.2) is 28.7 Å². The summed E-state index contributed by atoms with van der Waals surface area (Å²) in [6.07, 6.45) is 0.848. The molecular weight excluding hydrogens is 324 g/mol. The fourth-order valence-electron chi connectivity index (χ4n) is 2.23. The molecule has 2 aromatic rings. The number of oxazole rings is 1. The topological polar surface area (TPSA) is 72.2 Å². The molecular formula is C18H24N2O3S. The van der Waals surface area contributed by atoms with Crippen molar-refractivity contribution in [2.24, 2.45) is 0 Å². The number of carbonyl (C=O) groups is 1. The van der Waals surface area contributed by atoms with Gasteiger partial charge >= 0.3 is 0 Å². The Hall–Kier alpha value is -1.95. The number of rotatable bonds is 7. The first-order valence-corrected chi connectivity index (χ1v) is 9.55. The van der Waals surface area contributed by atoms with Crippen molar-refractivity contribution in [2.75, 3.05) is 5.75 Å². The van der Waals surface area contributed by atoms with Crippen LogP contribution in [-0.4, -0.2) is 26.9 Å². The molecule has 2 atom stereocenters. The summed E-state index contributed by atoms with van der Waals surface area (Å²) >= 11 is 0. The Morgan fingerprint density at radius 2 is 2.12 bits per heavy atom. The lowest BCUT2D eigenvalue weighted by molar-refractivity contribution is -0.119. The minimum absolute atomic E-state index is 0.0174. The number of nitrogens with zero attached hydrogens (tertiary/aromatic N) is 1. The first-order valence-electron chi connectivity index (χ1n) is 8.06. The summed E-state index contributed by atoms with van der Waals surface area (Å²) in [7, 11) is -1.31. The molecule has 1 heterocycles. The number of hydrogen-bond acceptors (Lipinski definition) is 4. The van der Waals surface area contributed by atoms with Crippen LogP contribution in [0.1, 0.15) is 37.3 Å². The van der Waals surface area contributed by atoms with E-state index in [1.807, 2.05) is 45.0 Å². The van der Waals surface area contributed by atoms with Gasteiger partial charge in [0.2, 0.25) is 11.8 Å². The smallest absolute Gasteiger partial charge is 0.232 e. The molecule has 0 spiro atoms. The fraction of sp³-hybridized carbons (Fsp3) is 0.444. The highest BCUT2D eigenvalue weighted by Crippen LogP contribution is 2.23. The SMILES string of the molecule is CC[C@@H](C)NC(=O)C[S@](=O)Cc1nc(-c2cccc(C)c2)oc1C. The van der Waals surface area contributed by atoms with Crippen molar-refractivity contribution in [2.45, 2.75) is 45.9 Å². The van der Waals surface area contributed by atoms with Gasteiger partial charge in [0, 0.05) is 22.4 Å². The minimum atomic E-state index is -1.31. The lowest BCUT2D eigenvalue weighted by atomic mass is 10.1. The summed E-state index contributed by atoms with van der Waals surface area (Å²) in [6, 6.07) is 7.97. The van der Waals surface area contributed by atoms with E-state index >= 15 is 0 Å². The largest absolute Gasteiger partial charge is 0.441 e. The van der Waals surface area contributed by atoms with Gasteiger partial charge in [-0.1, -0.05) is 24.6 Å². The summed E-state index contributed by atoms with van der Waals surface area (Å²) < 4.78 is 17.9. The van der Waals surface area contributed by atoms with Gasteiger partial charge in [-0.05, 0) is 39.3 Å². The standard InChI is InChI=1S/C18H24N2O3S/c1-5-13(3)19-17(21)11-24(22)10-16-14(4)23-18(20-16)15-8-6-7-12(2)9-15/h6-9,13H,5,10-11H2,1-4H3,(H,19,21)/t13-,24-/m1/s1. The predicted octanol–water partition coefficient (Wildman–Crippen LogP) is 3.12. The van der Waals surface area contributed by atoms with Gasteiger partial charge in [0.1, 0.15) is 11.5 Å². The van der Waals surface area contributed by atoms with Crippen molar-refractivity contribution < 1.29 is 13.4 Å². The molecule has 24 heavy (non-hydrogen) atoms. The van der Waals surface area contributed by atoms with Crippen LogP contribution in [-0.2, 0) is 21.3 Å². The maximum absolute atomic E-state index is 12.2. The average Bonchev–Trinajstić information content (AvgIpc) is 2.87. The molecule has 0 aliphatic carbocycles. The highest BCUT2D eigenvalue weighted by Gasteiger charge is 2.16. The summed E-state index contributed by atoms with van der Waals surface area (Å²) in [6.45, 7) is 7.73. The Kier molecular flexibility index (Phi) is 6.31. The molecule has 0 radical (unpaired) electrons. The predicted molar refractivity (Wildman–Crippen MR) is 96.0 cm³/mol.